The van der Waals surface area contributed by atoms with Gasteiger partial charge in [-0.15, -0.1) is 11.6 Å². The van der Waals surface area contributed by atoms with Crippen molar-refractivity contribution in [1.82, 2.24) is 5.32 Å². The number of halogens is 1. The molecule has 280 valence electrons. The standard InChI is InChI=1S/C41H46ClN3O8/c42-11-3-1-2-4-13-48-15-16-49-14-12-43-39(46)26-5-8-33-36(17-26)41(53-40(33)47)34-9-6-27(44-29-18-30(44)23-50-22-29)20-37(34)52-38-21-28(7-10-35(38)41)45-31-19-32(45)25-51-24-31/h5-10,17,20-21,29-32H,1-4,11-16,18-19,22-25H2,(H,43,46). The van der Waals surface area contributed by atoms with Crippen LogP contribution in [-0.4, -0.2) is 101 Å². The zero-order valence-electron chi connectivity index (χ0n) is 29.9. The minimum absolute atomic E-state index is 0.254. The number of morpholine rings is 2. The Labute approximate surface area is 314 Å². The maximum absolute atomic E-state index is 13.7. The van der Waals surface area contributed by atoms with Gasteiger partial charge in [0.1, 0.15) is 11.5 Å². The summed E-state index contributed by atoms with van der Waals surface area (Å²) in [7, 11) is 0. The number of esters is 1. The Morgan fingerprint density at radius 2 is 1.34 bits per heavy atom. The molecule has 4 bridgehead atoms. The van der Waals surface area contributed by atoms with Crippen LogP contribution in [0.4, 0.5) is 11.4 Å². The van der Waals surface area contributed by atoms with Crippen molar-refractivity contribution in [2.75, 3.05) is 75.1 Å². The second-order valence-corrected chi connectivity index (χ2v) is 15.2. The molecule has 1 amide bonds. The van der Waals surface area contributed by atoms with Gasteiger partial charge in [0.05, 0.1) is 76.0 Å². The molecule has 6 aliphatic heterocycles. The summed E-state index contributed by atoms with van der Waals surface area (Å²) in [4.78, 5) is 32.0. The first-order valence-corrected chi connectivity index (χ1v) is 19.6. The van der Waals surface area contributed by atoms with Gasteiger partial charge >= 0.3 is 5.97 Å². The molecule has 4 atom stereocenters. The third-order valence-electron chi connectivity index (χ3n) is 11.6. The molecule has 12 heteroatoms. The fraction of sp³-hybridized carbons (Fsp3) is 0.512. The zero-order chi connectivity index (χ0) is 35.9. The Balaban J connectivity index is 0.959. The predicted octanol–water partition coefficient (Wildman–Crippen LogP) is 5.77. The molecule has 11 nitrogen and oxygen atoms in total. The van der Waals surface area contributed by atoms with Crippen molar-refractivity contribution in [1.29, 1.82) is 0 Å². The number of fused-ring (bicyclic) bond motifs is 10. The van der Waals surface area contributed by atoms with Crippen LogP contribution in [0, 0.1) is 0 Å². The van der Waals surface area contributed by atoms with Crippen LogP contribution < -0.4 is 19.9 Å². The largest absolute Gasteiger partial charge is 0.456 e. The molecular formula is C41H46ClN3O8. The van der Waals surface area contributed by atoms with E-state index in [1.165, 1.54) is 0 Å². The maximum Gasteiger partial charge on any atom is 0.340 e. The van der Waals surface area contributed by atoms with Crippen LogP contribution >= 0.6 is 11.6 Å². The molecule has 0 radical (unpaired) electrons. The Morgan fingerprint density at radius 1 is 0.736 bits per heavy atom. The average Bonchev–Trinajstić information content (AvgIpc) is 3.46. The van der Waals surface area contributed by atoms with E-state index in [9.17, 15) is 9.59 Å². The molecule has 3 aromatic rings. The Bertz CT molecular complexity index is 1770. The first-order chi connectivity index (χ1) is 26.0. The monoisotopic (exact) mass is 743 g/mol. The van der Waals surface area contributed by atoms with E-state index in [2.05, 4.69) is 39.4 Å². The lowest BCUT2D eigenvalue weighted by molar-refractivity contribution is 0.0101. The molecule has 4 unspecified atom stereocenters. The zero-order valence-corrected chi connectivity index (χ0v) is 30.6. The number of carbonyl (C=O) groups excluding carboxylic acids is 2. The normalized spacial score (nSPS) is 25.8. The van der Waals surface area contributed by atoms with Crippen molar-refractivity contribution in [3.05, 3.63) is 82.4 Å². The number of nitrogens with zero attached hydrogens (tertiary/aromatic N) is 2. The average molecular weight is 744 g/mol. The number of ether oxygens (including phenoxy) is 6. The number of anilines is 2. The Hall–Kier alpha value is -3.87. The fourth-order valence-electron chi connectivity index (χ4n) is 8.99. The number of unbranched alkanes of at least 4 members (excludes halogenated alkanes) is 3. The molecule has 4 saturated heterocycles. The molecule has 1 N–H and O–H groups in total. The van der Waals surface area contributed by atoms with Gasteiger partial charge in [-0.3, -0.25) is 4.79 Å². The highest BCUT2D eigenvalue weighted by Crippen LogP contribution is 2.58. The predicted molar refractivity (Wildman–Crippen MR) is 199 cm³/mol. The molecule has 0 saturated carbocycles. The molecule has 0 aromatic heterocycles. The number of hydrogen-bond acceptors (Lipinski definition) is 10. The van der Waals surface area contributed by atoms with Crippen LogP contribution in [-0.2, 0) is 29.3 Å². The van der Waals surface area contributed by atoms with Crippen LogP contribution in [0.15, 0.2) is 54.6 Å². The van der Waals surface area contributed by atoms with Crippen LogP contribution in [0.1, 0.15) is 75.9 Å². The molecule has 6 aliphatic rings. The van der Waals surface area contributed by atoms with Crippen LogP contribution in [0.2, 0.25) is 0 Å². The lowest BCUT2D eigenvalue weighted by atomic mass is 9.76. The van der Waals surface area contributed by atoms with Gasteiger partial charge in [0.25, 0.3) is 5.91 Å². The number of alkyl halides is 1. The maximum atomic E-state index is 13.7. The van der Waals surface area contributed by atoms with Gasteiger partial charge in [0, 0.05) is 64.8 Å². The van der Waals surface area contributed by atoms with E-state index in [-0.39, 0.29) is 5.91 Å². The molecule has 3 aromatic carbocycles. The lowest BCUT2D eigenvalue weighted by Crippen LogP contribution is -2.64. The number of nitrogens with one attached hydrogen (secondary N) is 1. The summed E-state index contributed by atoms with van der Waals surface area (Å²) >= 11 is 5.73. The molecule has 0 aliphatic carbocycles. The van der Waals surface area contributed by atoms with Crippen LogP contribution in [0.3, 0.4) is 0 Å². The third kappa shape index (κ3) is 6.24. The summed E-state index contributed by atoms with van der Waals surface area (Å²) < 4.78 is 36.1. The van der Waals surface area contributed by atoms with Gasteiger partial charge in [-0.2, -0.15) is 0 Å². The number of carbonyl (C=O) groups is 2. The Morgan fingerprint density at radius 3 is 1.94 bits per heavy atom. The minimum Gasteiger partial charge on any atom is -0.456 e. The number of hydrogen-bond donors (Lipinski definition) is 1. The van der Waals surface area contributed by atoms with Crippen molar-refractivity contribution in [2.45, 2.75) is 68.3 Å². The lowest BCUT2D eigenvalue weighted by Gasteiger charge is -2.54. The van der Waals surface area contributed by atoms with Crippen molar-refractivity contribution in [3.63, 3.8) is 0 Å². The molecule has 4 fully saturated rings. The van der Waals surface area contributed by atoms with Gasteiger partial charge in [0.15, 0.2) is 5.60 Å². The molecule has 53 heavy (non-hydrogen) atoms. The van der Waals surface area contributed by atoms with E-state index in [4.69, 9.17) is 40.0 Å². The van der Waals surface area contributed by atoms with E-state index in [0.29, 0.717) is 118 Å². The van der Waals surface area contributed by atoms with Gasteiger partial charge in [-0.05, 0) is 68.1 Å². The highest BCUT2D eigenvalue weighted by atomic mass is 35.5. The summed E-state index contributed by atoms with van der Waals surface area (Å²) in [6.07, 6.45) is 6.53. The number of benzene rings is 3. The summed E-state index contributed by atoms with van der Waals surface area (Å²) in [5.74, 6) is 1.28. The van der Waals surface area contributed by atoms with Gasteiger partial charge in [-0.25, -0.2) is 4.79 Å². The van der Waals surface area contributed by atoms with Gasteiger partial charge in [0.2, 0.25) is 0 Å². The smallest absolute Gasteiger partial charge is 0.340 e. The summed E-state index contributed by atoms with van der Waals surface area (Å²) in [6.45, 7) is 5.22. The van der Waals surface area contributed by atoms with Crippen molar-refractivity contribution < 1.29 is 38.0 Å². The number of rotatable bonds is 15. The van der Waals surface area contributed by atoms with E-state index >= 15 is 0 Å². The van der Waals surface area contributed by atoms with E-state index < -0.39 is 11.6 Å². The van der Waals surface area contributed by atoms with E-state index in [1.807, 2.05) is 12.1 Å². The fourth-order valence-corrected chi connectivity index (χ4v) is 9.18. The quantitative estimate of drug-likeness (QED) is 0.117. The Kier molecular flexibility index (Phi) is 9.71. The van der Waals surface area contributed by atoms with Crippen LogP contribution in [0.5, 0.6) is 11.5 Å². The molecule has 6 heterocycles. The first-order valence-electron chi connectivity index (χ1n) is 19.1. The van der Waals surface area contributed by atoms with Crippen molar-refractivity contribution in [3.8, 4) is 11.5 Å². The second kappa shape index (κ2) is 14.8. The molecule has 9 rings (SSSR count). The van der Waals surface area contributed by atoms with Gasteiger partial charge in [-0.1, -0.05) is 12.8 Å². The molecular weight excluding hydrogens is 698 g/mol. The van der Waals surface area contributed by atoms with E-state index in [1.54, 1.807) is 18.2 Å². The van der Waals surface area contributed by atoms with Crippen molar-refractivity contribution >= 4 is 34.9 Å². The SMILES string of the molecule is O=C(NCCOCCOCCCCCCCl)c1ccc2c(c1)C1(OC2=O)c2ccc(N3C4COCC3C4)cc2Oc2cc(N3C4COCC3C4)ccc21. The summed E-state index contributed by atoms with van der Waals surface area (Å²) in [5.41, 5.74) is 3.77. The molecule has 1 spiro atoms. The number of amides is 1. The van der Waals surface area contributed by atoms with Crippen LogP contribution in [0.25, 0.3) is 0 Å². The second-order valence-electron chi connectivity index (χ2n) is 14.9. The third-order valence-corrected chi connectivity index (χ3v) is 11.9. The van der Waals surface area contributed by atoms with Gasteiger partial charge < -0.3 is 43.5 Å². The first kappa shape index (κ1) is 34.9. The topological polar surface area (TPSA) is 108 Å². The van der Waals surface area contributed by atoms with Crippen molar-refractivity contribution in [2.24, 2.45) is 0 Å². The summed E-state index contributed by atoms with van der Waals surface area (Å²) in [6, 6.07) is 18.9. The summed E-state index contributed by atoms with van der Waals surface area (Å²) in [5, 5.41) is 2.97. The highest BCUT2D eigenvalue weighted by molar-refractivity contribution is 6.17. The minimum atomic E-state index is -1.29. The van der Waals surface area contributed by atoms with E-state index in [0.717, 1.165) is 61.0 Å². The highest BCUT2D eigenvalue weighted by Gasteiger charge is 2.55.